The molecule has 0 spiro atoms. The Morgan fingerprint density at radius 3 is 2.67 bits per heavy atom. The van der Waals surface area contributed by atoms with Gasteiger partial charge in [0.2, 0.25) is 0 Å². The van der Waals surface area contributed by atoms with Gasteiger partial charge in [-0.2, -0.15) is 0 Å². The molecule has 0 aliphatic carbocycles. The number of H-pyrrole nitrogens is 1. The van der Waals surface area contributed by atoms with Crippen LogP contribution in [0.5, 0.6) is 0 Å². The summed E-state index contributed by atoms with van der Waals surface area (Å²) in [6.45, 7) is -0.409. The van der Waals surface area contributed by atoms with Crippen LogP contribution in [0.25, 0.3) is 0 Å². The fourth-order valence-corrected chi connectivity index (χ4v) is 2.77. The van der Waals surface area contributed by atoms with Crippen molar-refractivity contribution in [2.75, 3.05) is 6.61 Å². The van der Waals surface area contributed by atoms with E-state index in [1.807, 2.05) is 10.9 Å². The van der Waals surface area contributed by atoms with Crippen LogP contribution < -0.4 is 11.2 Å². The molecule has 1 aromatic carbocycles. The van der Waals surface area contributed by atoms with Crippen LogP contribution in [0.1, 0.15) is 16.6 Å². The van der Waals surface area contributed by atoms with Crippen LogP contribution >= 0.6 is 0 Å². The number of aromatic amines is 1. The van der Waals surface area contributed by atoms with Crippen LogP contribution in [0.3, 0.4) is 0 Å². The summed E-state index contributed by atoms with van der Waals surface area (Å²) in [5, 5.41) is 21.0. The van der Waals surface area contributed by atoms with Crippen molar-refractivity contribution >= 4 is 5.97 Å². The van der Waals surface area contributed by atoms with Crippen LogP contribution in [0.2, 0.25) is 0 Å². The predicted molar refractivity (Wildman–Crippen MR) is 91.7 cm³/mol. The molecule has 1 fully saturated rings. The van der Waals surface area contributed by atoms with Crippen molar-refractivity contribution in [3.8, 4) is 12.3 Å². The molecular weight excluding hydrogens is 356 g/mol. The van der Waals surface area contributed by atoms with Crippen molar-refractivity contribution in [2.24, 2.45) is 0 Å². The standard InChI is InChI=1S/C18H16N2O7/c1-2-18(25)14(22)12(10-26-15(23)11-6-4-3-5-7-11)27-16(18)20-9-8-13(21)19-17(20)24/h1,3-9,12,14,16,22,25H,10H2,(H,19,21,24)/t12-,14-,16-,18-/m1/s1. The van der Waals surface area contributed by atoms with Gasteiger partial charge in [-0.1, -0.05) is 24.1 Å². The molecule has 3 N–H and O–H groups in total. The Hall–Kier alpha value is -3.19. The first-order valence-corrected chi connectivity index (χ1v) is 7.94. The third-order valence-corrected chi connectivity index (χ3v) is 4.21. The van der Waals surface area contributed by atoms with Gasteiger partial charge in [-0.25, -0.2) is 9.59 Å². The van der Waals surface area contributed by atoms with E-state index in [1.165, 1.54) is 0 Å². The molecule has 0 amide bonds. The van der Waals surface area contributed by atoms with E-state index in [-0.39, 0.29) is 0 Å². The van der Waals surface area contributed by atoms with Gasteiger partial charge in [0.25, 0.3) is 5.56 Å². The molecule has 0 radical (unpaired) electrons. The molecule has 2 heterocycles. The number of carbonyl (C=O) groups is 1. The minimum Gasteiger partial charge on any atom is -0.459 e. The van der Waals surface area contributed by atoms with E-state index in [4.69, 9.17) is 15.9 Å². The zero-order valence-electron chi connectivity index (χ0n) is 13.9. The summed E-state index contributed by atoms with van der Waals surface area (Å²) in [6, 6.07) is 9.20. The average molecular weight is 372 g/mol. The first-order chi connectivity index (χ1) is 12.9. The molecule has 4 atom stereocenters. The number of terminal acetylenes is 1. The summed E-state index contributed by atoms with van der Waals surface area (Å²) in [4.78, 5) is 37.2. The summed E-state index contributed by atoms with van der Waals surface area (Å²) < 4.78 is 11.5. The first kappa shape index (κ1) is 18.6. The lowest BCUT2D eigenvalue weighted by Gasteiger charge is -2.26. The van der Waals surface area contributed by atoms with Crippen molar-refractivity contribution in [3.63, 3.8) is 0 Å². The maximum atomic E-state index is 12.0. The fourth-order valence-electron chi connectivity index (χ4n) is 2.77. The summed E-state index contributed by atoms with van der Waals surface area (Å²) in [5.41, 5.74) is -3.50. The molecule has 140 valence electrons. The van der Waals surface area contributed by atoms with Gasteiger partial charge in [0, 0.05) is 12.3 Å². The van der Waals surface area contributed by atoms with E-state index < -0.39 is 47.9 Å². The molecule has 0 saturated carbocycles. The minimum absolute atomic E-state index is 0.297. The largest absolute Gasteiger partial charge is 0.459 e. The van der Waals surface area contributed by atoms with E-state index >= 15 is 0 Å². The number of rotatable bonds is 4. The normalized spacial score (nSPS) is 27.1. The van der Waals surface area contributed by atoms with E-state index in [0.717, 1.165) is 16.8 Å². The van der Waals surface area contributed by atoms with Crippen LogP contribution in [-0.4, -0.2) is 50.1 Å². The molecule has 1 aliphatic heterocycles. The Labute approximate surface area is 152 Å². The third-order valence-electron chi connectivity index (χ3n) is 4.21. The molecule has 1 aliphatic rings. The van der Waals surface area contributed by atoms with Gasteiger partial charge in [0.05, 0.1) is 5.56 Å². The number of hydrogen-bond donors (Lipinski definition) is 3. The molecule has 1 aromatic heterocycles. The molecule has 0 bridgehead atoms. The van der Waals surface area contributed by atoms with E-state index in [0.29, 0.717) is 5.56 Å². The van der Waals surface area contributed by atoms with Crippen molar-refractivity contribution in [1.29, 1.82) is 0 Å². The summed E-state index contributed by atoms with van der Waals surface area (Å²) in [6.07, 6.45) is 2.10. The highest BCUT2D eigenvalue weighted by Gasteiger charge is 2.56. The van der Waals surface area contributed by atoms with Crippen molar-refractivity contribution in [3.05, 3.63) is 69.0 Å². The molecule has 2 aromatic rings. The van der Waals surface area contributed by atoms with Gasteiger partial charge >= 0.3 is 11.7 Å². The number of hydrogen-bond acceptors (Lipinski definition) is 7. The Bertz CT molecular complexity index is 991. The number of aliphatic hydroxyl groups is 2. The second-order valence-electron chi connectivity index (χ2n) is 5.92. The first-order valence-electron chi connectivity index (χ1n) is 7.94. The molecule has 9 nitrogen and oxygen atoms in total. The van der Waals surface area contributed by atoms with Crippen LogP contribution in [0.4, 0.5) is 0 Å². The lowest BCUT2D eigenvalue weighted by molar-refractivity contribution is -0.0777. The molecule has 27 heavy (non-hydrogen) atoms. The number of benzene rings is 1. The van der Waals surface area contributed by atoms with E-state index in [9.17, 15) is 24.6 Å². The van der Waals surface area contributed by atoms with Crippen molar-refractivity contribution < 1.29 is 24.5 Å². The number of nitrogens with zero attached hydrogens (tertiary/aromatic N) is 1. The smallest absolute Gasteiger partial charge is 0.338 e. The lowest BCUT2D eigenvalue weighted by Crippen LogP contribution is -2.48. The molecule has 0 unspecified atom stereocenters. The number of aromatic nitrogens is 2. The maximum absolute atomic E-state index is 12.0. The highest BCUT2D eigenvalue weighted by Crippen LogP contribution is 2.37. The van der Waals surface area contributed by atoms with E-state index in [2.05, 4.69) is 0 Å². The maximum Gasteiger partial charge on any atom is 0.338 e. The molecule has 9 heteroatoms. The second kappa shape index (κ2) is 7.20. The summed E-state index contributed by atoms with van der Waals surface area (Å²) in [7, 11) is 0. The Balaban J connectivity index is 1.81. The number of esters is 1. The SMILES string of the molecule is C#C[C@@]1(O)[C@H](O)[C@@H](COC(=O)c2ccccc2)O[C@H]1n1ccc(=O)[nH]c1=O. The summed E-state index contributed by atoms with van der Waals surface area (Å²) >= 11 is 0. The Kier molecular flexibility index (Phi) is 4.96. The zero-order valence-corrected chi connectivity index (χ0v) is 13.9. The van der Waals surface area contributed by atoms with E-state index in [1.54, 1.807) is 30.3 Å². The highest BCUT2D eigenvalue weighted by molar-refractivity contribution is 5.89. The van der Waals surface area contributed by atoms with Gasteiger partial charge in [-0.05, 0) is 12.1 Å². The molecule has 3 rings (SSSR count). The Morgan fingerprint density at radius 2 is 2.04 bits per heavy atom. The molecule has 1 saturated heterocycles. The number of ether oxygens (including phenoxy) is 2. The number of nitrogens with one attached hydrogen (secondary N) is 1. The fraction of sp³-hybridized carbons (Fsp3) is 0.278. The highest BCUT2D eigenvalue weighted by atomic mass is 16.6. The minimum atomic E-state index is -2.27. The zero-order chi connectivity index (χ0) is 19.6. The van der Waals surface area contributed by atoms with Gasteiger partial charge in [0.1, 0.15) is 18.8 Å². The van der Waals surface area contributed by atoms with Crippen molar-refractivity contribution in [1.82, 2.24) is 9.55 Å². The van der Waals surface area contributed by atoms with Crippen LogP contribution in [-0.2, 0) is 9.47 Å². The van der Waals surface area contributed by atoms with Gasteiger partial charge in [0.15, 0.2) is 11.8 Å². The van der Waals surface area contributed by atoms with Crippen LogP contribution in [0.15, 0.2) is 52.2 Å². The van der Waals surface area contributed by atoms with Gasteiger partial charge in [-0.3, -0.25) is 14.3 Å². The second-order valence-corrected chi connectivity index (χ2v) is 5.92. The number of aliphatic hydroxyl groups excluding tert-OH is 1. The molecular formula is C18H16N2O7. The quantitative estimate of drug-likeness (QED) is 0.464. The van der Waals surface area contributed by atoms with Gasteiger partial charge < -0.3 is 19.7 Å². The van der Waals surface area contributed by atoms with Gasteiger partial charge in [-0.15, -0.1) is 6.42 Å². The number of carbonyl (C=O) groups excluding carboxylic acids is 1. The predicted octanol–water partition coefficient (Wildman–Crippen LogP) is -0.984. The average Bonchev–Trinajstić information content (AvgIpc) is 2.92. The third kappa shape index (κ3) is 3.41. The monoisotopic (exact) mass is 372 g/mol. The van der Waals surface area contributed by atoms with Crippen molar-refractivity contribution in [2.45, 2.75) is 24.0 Å². The lowest BCUT2D eigenvalue weighted by atomic mass is 9.95. The summed E-state index contributed by atoms with van der Waals surface area (Å²) in [5.74, 6) is 1.37. The topological polar surface area (TPSA) is 131 Å². The van der Waals surface area contributed by atoms with Crippen LogP contribution in [0, 0.1) is 12.3 Å². The Morgan fingerprint density at radius 1 is 1.33 bits per heavy atom.